The zero-order valence-electron chi connectivity index (χ0n) is 8.60. The Labute approximate surface area is 105 Å². The number of carbonyl (C=O) groups excluding carboxylic acids is 1. The van der Waals surface area contributed by atoms with Crippen molar-refractivity contribution >= 4 is 28.8 Å². The van der Waals surface area contributed by atoms with Gasteiger partial charge in [0, 0.05) is 4.88 Å². The second kappa shape index (κ2) is 6.23. The van der Waals surface area contributed by atoms with Gasteiger partial charge in [-0.05, 0) is 12.1 Å². The van der Waals surface area contributed by atoms with Crippen molar-refractivity contribution in [3.8, 4) is 0 Å². The van der Waals surface area contributed by atoms with Crippen LogP contribution in [0.25, 0.3) is 0 Å². The van der Waals surface area contributed by atoms with Crippen LogP contribution in [-0.2, 0) is 11.3 Å². The van der Waals surface area contributed by atoms with E-state index < -0.39 is 18.6 Å². The molecule has 0 aliphatic carbocycles. The molecule has 1 heterocycles. The molecule has 8 heteroatoms. The van der Waals surface area contributed by atoms with Crippen LogP contribution in [0.1, 0.15) is 4.88 Å². The zero-order chi connectivity index (χ0) is 12.9. The number of alkyl halides is 3. The fourth-order valence-corrected chi connectivity index (χ4v) is 2.04. The average Bonchev–Trinajstić information content (AvgIpc) is 2.59. The first-order valence-electron chi connectivity index (χ1n) is 4.65. The smallest absolute Gasteiger partial charge is 0.350 e. The quantitative estimate of drug-likeness (QED) is 0.871. The molecule has 0 radical (unpaired) electrons. The molecule has 0 unspecified atom stereocenters. The third-order valence-electron chi connectivity index (χ3n) is 1.70. The number of halogens is 4. The monoisotopic (exact) mass is 286 g/mol. The second-order valence-electron chi connectivity index (χ2n) is 3.20. The third kappa shape index (κ3) is 6.50. The van der Waals surface area contributed by atoms with E-state index in [-0.39, 0.29) is 13.1 Å². The predicted molar refractivity (Wildman–Crippen MR) is 60.1 cm³/mol. The van der Waals surface area contributed by atoms with E-state index in [2.05, 4.69) is 5.32 Å². The first-order chi connectivity index (χ1) is 7.87. The molecule has 0 spiro atoms. The van der Waals surface area contributed by atoms with E-state index in [1.165, 1.54) is 11.3 Å². The van der Waals surface area contributed by atoms with Crippen LogP contribution in [-0.4, -0.2) is 25.2 Å². The average molecular weight is 287 g/mol. The summed E-state index contributed by atoms with van der Waals surface area (Å²) in [5.74, 6) is -0.487. The van der Waals surface area contributed by atoms with Crippen LogP contribution in [0.3, 0.4) is 0 Å². The molecule has 1 aromatic heterocycles. The number of rotatable bonds is 5. The Morgan fingerprint density at radius 1 is 1.41 bits per heavy atom. The van der Waals surface area contributed by atoms with E-state index in [0.29, 0.717) is 4.34 Å². The molecular weight excluding hydrogens is 277 g/mol. The Morgan fingerprint density at radius 2 is 2.12 bits per heavy atom. The number of hydrogen-bond donors (Lipinski definition) is 2. The molecule has 0 saturated carbocycles. The van der Waals surface area contributed by atoms with Crippen molar-refractivity contribution in [2.75, 3.05) is 13.1 Å². The first-order valence-corrected chi connectivity index (χ1v) is 5.84. The van der Waals surface area contributed by atoms with Gasteiger partial charge < -0.3 is 10.6 Å². The standard InChI is InChI=1S/C9H10ClF3N2OS/c10-7-2-1-6(17-7)3-15-8(16)4-14-5-9(11,12)13/h1-2,14H,3-5H2,(H,15,16). The van der Waals surface area contributed by atoms with Crippen molar-refractivity contribution < 1.29 is 18.0 Å². The lowest BCUT2D eigenvalue weighted by molar-refractivity contribution is -0.128. The molecule has 96 valence electrons. The predicted octanol–water partition coefficient (Wildman–Crippen LogP) is 2.17. The first kappa shape index (κ1) is 14.3. The lowest BCUT2D eigenvalue weighted by Gasteiger charge is -2.08. The van der Waals surface area contributed by atoms with Gasteiger partial charge in [-0.2, -0.15) is 13.2 Å². The minimum absolute atomic E-state index is 0.268. The van der Waals surface area contributed by atoms with Crippen molar-refractivity contribution in [2.24, 2.45) is 0 Å². The van der Waals surface area contributed by atoms with Crippen LogP contribution >= 0.6 is 22.9 Å². The fraction of sp³-hybridized carbons (Fsp3) is 0.444. The topological polar surface area (TPSA) is 41.1 Å². The Morgan fingerprint density at radius 3 is 2.65 bits per heavy atom. The van der Waals surface area contributed by atoms with Crippen molar-refractivity contribution in [2.45, 2.75) is 12.7 Å². The van der Waals surface area contributed by atoms with Gasteiger partial charge in [-0.3, -0.25) is 4.79 Å². The van der Waals surface area contributed by atoms with Gasteiger partial charge in [-0.1, -0.05) is 11.6 Å². The van der Waals surface area contributed by atoms with Crippen LogP contribution in [0.5, 0.6) is 0 Å². The van der Waals surface area contributed by atoms with Crippen molar-refractivity contribution in [1.29, 1.82) is 0 Å². The zero-order valence-corrected chi connectivity index (χ0v) is 10.2. The molecular formula is C9H10ClF3N2OS. The molecule has 0 saturated heterocycles. The molecule has 3 nitrogen and oxygen atoms in total. The number of nitrogens with one attached hydrogen (secondary N) is 2. The lowest BCUT2D eigenvalue weighted by Crippen LogP contribution is -2.37. The van der Waals surface area contributed by atoms with Crippen LogP contribution in [0.2, 0.25) is 4.34 Å². The fourth-order valence-electron chi connectivity index (χ4n) is 1.01. The minimum Gasteiger partial charge on any atom is -0.350 e. The van der Waals surface area contributed by atoms with E-state index in [4.69, 9.17) is 11.6 Å². The Kier molecular flexibility index (Phi) is 5.23. The van der Waals surface area contributed by atoms with Gasteiger partial charge in [0.25, 0.3) is 0 Å². The summed E-state index contributed by atoms with van der Waals surface area (Å²) in [6.07, 6.45) is -4.30. The maximum atomic E-state index is 11.8. The van der Waals surface area contributed by atoms with Gasteiger partial charge in [-0.15, -0.1) is 11.3 Å². The maximum Gasteiger partial charge on any atom is 0.401 e. The highest BCUT2D eigenvalue weighted by Gasteiger charge is 2.26. The van der Waals surface area contributed by atoms with Gasteiger partial charge in [0.05, 0.1) is 24.0 Å². The molecule has 17 heavy (non-hydrogen) atoms. The molecule has 1 rings (SSSR count). The van der Waals surface area contributed by atoms with Crippen molar-refractivity contribution in [3.05, 3.63) is 21.3 Å². The van der Waals surface area contributed by atoms with E-state index in [1.807, 2.05) is 5.32 Å². The summed E-state index contributed by atoms with van der Waals surface area (Å²) < 4.78 is 35.9. The van der Waals surface area contributed by atoms with Crippen LogP contribution in [0.15, 0.2) is 12.1 Å². The molecule has 0 bridgehead atoms. The molecule has 0 atom stereocenters. The van der Waals surface area contributed by atoms with E-state index >= 15 is 0 Å². The van der Waals surface area contributed by atoms with Crippen molar-refractivity contribution in [1.82, 2.24) is 10.6 Å². The third-order valence-corrected chi connectivity index (χ3v) is 2.93. The Hall–Kier alpha value is -0.790. The van der Waals surface area contributed by atoms with Crippen LogP contribution in [0, 0.1) is 0 Å². The Bertz CT molecular complexity index is 381. The SMILES string of the molecule is O=C(CNCC(F)(F)F)NCc1ccc(Cl)s1. The molecule has 1 aromatic rings. The lowest BCUT2D eigenvalue weighted by atomic mass is 10.4. The van der Waals surface area contributed by atoms with Gasteiger partial charge in [0.2, 0.25) is 5.91 Å². The van der Waals surface area contributed by atoms with E-state index in [0.717, 1.165) is 4.88 Å². The molecule has 0 fully saturated rings. The number of thiophene rings is 1. The molecule has 2 N–H and O–H groups in total. The molecule has 1 amide bonds. The Balaban J connectivity index is 2.18. The number of amides is 1. The van der Waals surface area contributed by atoms with Crippen LogP contribution in [0.4, 0.5) is 13.2 Å². The van der Waals surface area contributed by atoms with Crippen molar-refractivity contribution in [3.63, 3.8) is 0 Å². The van der Waals surface area contributed by atoms with Gasteiger partial charge >= 0.3 is 6.18 Å². The maximum absolute atomic E-state index is 11.8. The van der Waals surface area contributed by atoms with E-state index in [9.17, 15) is 18.0 Å². The summed E-state index contributed by atoms with van der Waals surface area (Å²) in [5, 5.41) is 4.49. The summed E-state index contributed by atoms with van der Waals surface area (Å²) in [6, 6.07) is 3.44. The summed E-state index contributed by atoms with van der Waals surface area (Å²) in [5.41, 5.74) is 0. The molecule has 0 aliphatic rings. The highest BCUT2D eigenvalue weighted by atomic mass is 35.5. The highest BCUT2D eigenvalue weighted by molar-refractivity contribution is 7.16. The van der Waals surface area contributed by atoms with E-state index in [1.54, 1.807) is 12.1 Å². The molecule has 0 aromatic carbocycles. The minimum atomic E-state index is -4.30. The van der Waals surface area contributed by atoms with Gasteiger partial charge in [-0.25, -0.2) is 0 Å². The summed E-state index contributed by atoms with van der Waals surface area (Å²) in [7, 11) is 0. The van der Waals surface area contributed by atoms with Gasteiger partial charge in [0.15, 0.2) is 0 Å². The summed E-state index contributed by atoms with van der Waals surface area (Å²) in [4.78, 5) is 12.0. The largest absolute Gasteiger partial charge is 0.401 e. The normalized spacial score (nSPS) is 11.5. The summed E-state index contributed by atoms with van der Waals surface area (Å²) in [6.45, 7) is -1.27. The molecule has 0 aliphatic heterocycles. The number of hydrogen-bond acceptors (Lipinski definition) is 3. The number of carbonyl (C=O) groups is 1. The van der Waals surface area contributed by atoms with Gasteiger partial charge in [0.1, 0.15) is 0 Å². The second-order valence-corrected chi connectivity index (χ2v) is 5.00. The summed E-state index contributed by atoms with van der Waals surface area (Å²) >= 11 is 6.99. The highest BCUT2D eigenvalue weighted by Crippen LogP contribution is 2.20. The van der Waals surface area contributed by atoms with Crippen LogP contribution < -0.4 is 10.6 Å².